The second-order valence-corrected chi connectivity index (χ2v) is 5.05. The number of aromatic nitrogens is 4. The lowest BCUT2D eigenvalue weighted by molar-refractivity contribution is 0.102. The fourth-order valence-corrected chi connectivity index (χ4v) is 2.38. The van der Waals surface area contributed by atoms with Crippen molar-refractivity contribution >= 4 is 39.2 Å². The van der Waals surface area contributed by atoms with Gasteiger partial charge in [-0.05, 0) is 36.4 Å². The fourth-order valence-electron chi connectivity index (χ4n) is 2.38. The number of aromatic amines is 2. The number of nitrogens with one attached hydrogen (secondary N) is 2. The molecule has 0 spiro atoms. The first-order valence-corrected chi connectivity index (χ1v) is 6.65. The van der Waals surface area contributed by atoms with E-state index in [0.29, 0.717) is 33.4 Å². The molecule has 2 aromatic heterocycles. The predicted molar refractivity (Wildman–Crippen MR) is 84.4 cm³/mol. The van der Waals surface area contributed by atoms with Crippen LogP contribution in [0.3, 0.4) is 0 Å². The summed E-state index contributed by atoms with van der Waals surface area (Å²) in [6.45, 7) is 0. The first-order valence-electron chi connectivity index (χ1n) is 6.65. The minimum absolute atomic E-state index is 0.215. The molecule has 0 aliphatic rings. The Balaban J connectivity index is 1.80. The van der Waals surface area contributed by atoms with E-state index in [9.17, 15) is 4.79 Å². The van der Waals surface area contributed by atoms with Crippen LogP contribution < -0.4 is 11.5 Å². The lowest BCUT2D eigenvalue weighted by Crippen LogP contribution is -2.05. The van der Waals surface area contributed by atoms with Gasteiger partial charge in [-0.1, -0.05) is 0 Å². The summed E-state index contributed by atoms with van der Waals surface area (Å²) < 4.78 is 0. The van der Waals surface area contributed by atoms with E-state index in [1.807, 2.05) is 0 Å². The molecule has 0 fully saturated rings. The van der Waals surface area contributed by atoms with Crippen LogP contribution in [0.25, 0.3) is 22.1 Å². The number of nitrogens with two attached hydrogens (primary N) is 2. The molecular formula is C15H12N6O. The molecule has 0 aliphatic carbocycles. The lowest BCUT2D eigenvalue weighted by atomic mass is 10.3. The van der Waals surface area contributed by atoms with E-state index in [2.05, 4.69) is 19.9 Å². The van der Waals surface area contributed by atoms with Gasteiger partial charge in [-0.2, -0.15) is 0 Å². The Bertz CT molecular complexity index is 947. The van der Waals surface area contributed by atoms with Gasteiger partial charge >= 0.3 is 0 Å². The van der Waals surface area contributed by atoms with Gasteiger partial charge in [0.15, 0.2) is 11.6 Å². The third-order valence-corrected chi connectivity index (χ3v) is 3.44. The molecule has 0 saturated carbocycles. The van der Waals surface area contributed by atoms with Gasteiger partial charge in [0.2, 0.25) is 0 Å². The number of anilines is 2. The number of hydrogen-bond donors (Lipinski definition) is 4. The van der Waals surface area contributed by atoms with Gasteiger partial charge in [0, 0.05) is 11.4 Å². The molecule has 6 N–H and O–H groups in total. The van der Waals surface area contributed by atoms with Crippen molar-refractivity contribution in [2.45, 2.75) is 0 Å². The number of carbonyl (C=O) groups excluding carboxylic acids is 1. The van der Waals surface area contributed by atoms with Crippen molar-refractivity contribution in [3.63, 3.8) is 0 Å². The smallest absolute Gasteiger partial charge is 0.263 e. The highest BCUT2D eigenvalue weighted by Crippen LogP contribution is 2.19. The maximum atomic E-state index is 12.5. The minimum Gasteiger partial charge on any atom is -0.399 e. The molecule has 0 saturated heterocycles. The fraction of sp³-hybridized carbons (Fsp3) is 0. The van der Waals surface area contributed by atoms with Crippen molar-refractivity contribution < 1.29 is 4.79 Å². The van der Waals surface area contributed by atoms with Gasteiger partial charge in [-0.25, -0.2) is 9.97 Å². The minimum atomic E-state index is -0.315. The highest BCUT2D eigenvalue weighted by Gasteiger charge is 2.18. The Morgan fingerprint density at radius 1 is 0.818 bits per heavy atom. The molecule has 4 aromatic rings. The number of benzene rings is 2. The van der Waals surface area contributed by atoms with Crippen molar-refractivity contribution in [3.05, 3.63) is 48.0 Å². The Kier molecular flexibility index (Phi) is 2.43. The van der Waals surface area contributed by atoms with Crippen LogP contribution >= 0.6 is 0 Å². The SMILES string of the molecule is Nc1ccc2nc(C(=O)c3nc4ccc(N)cc4[nH]3)[nH]c2c1. The Labute approximate surface area is 124 Å². The number of nitrogen functional groups attached to an aromatic ring is 2. The third-order valence-electron chi connectivity index (χ3n) is 3.44. The standard InChI is InChI=1S/C15H12N6O/c16-7-1-3-9-11(5-7)20-14(18-9)13(22)15-19-10-4-2-8(17)6-12(10)21-15/h1-6H,16-17H2,(H,18,20)(H,19,21). The first-order chi connectivity index (χ1) is 10.6. The summed E-state index contributed by atoms with van der Waals surface area (Å²) in [5.74, 6) is 0.116. The number of ketones is 1. The highest BCUT2D eigenvalue weighted by atomic mass is 16.1. The molecule has 2 aromatic carbocycles. The maximum Gasteiger partial charge on any atom is 0.263 e. The van der Waals surface area contributed by atoms with Crippen LogP contribution in [-0.2, 0) is 0 Å². The van der Waals surface area contributed by atoms with E-state index in [4.69, 9.17) is 11.5 Å². The van der Waals surface area contributed by atoms with Crippen molar-refractivity contribution in [2.24, 2.45) is 0 Å². The van der Waals surface area contributed by atoms with Crippen molar-refractivity contribution in [1.82, 2.24) is 19.9 Å². The predicted octanol–water partition coefficient (Wildman–Crippen LogP) is 1.83. The van der Waals surface area contributed by atoms with E-state index in [1.54, 1.807) is 36.4 Å². The van der Waals surface area contributed by atoms with E-state index in [1.165, 1.54) is 0 Å². The summed E-state index contributed by atoms with van der Waals surface area (Å²) in [5, 5.41) is 0. The van der Waals surface area contributed by atoms with Crippen LogP contribution in [0.4, 0.5) is 11.4 Å². The first kappa shape index (κ1) is 12.4. The zero-order valence-corrected chi connectivity index (χ0v) is 11.4. The number of rotatable bonds is 2. The van der Waals surface area contributed by atoms with Gasteiger partial charge in [0.05, 0.1) is 22.1 Å². The molecule has 22 heavy (non-hydrogen) atoms. The second-order valence-electron chi connectivity index (χ2n) is 5.05. The average molecular weight is 292 g/mol. The molecule has 7 nitrogen and oxygen atoms in total. The van der Waals surface area contributed by atoms with Crippen LogP contribution in [0.1, 0.15) is 16.4 Å². The zero-order valence-electron chi connectivity index (χ0n) is 11.4. The van der Waals surface area contributed by atoms with Gasteiger partial charge in [0.1, 0.15) is 0 Å². The van der Waals surface area contributed by atoms with Crippen LogP contribution in [-0.4, -0.2) is 25.7 Å². The van der Waals surface area contributed by atoms with E-state index in [0.717, 1.165) is 0 Å². The molecule has 0 radical (unpaired) electrons. The molecular weight excluding hydrogens is 280 g/mol. The van der Waals surface area contributed by atoms with Gasteiger partial charge in [-0.3, -0.25) is 4.79 Å². The van der Waals surface area contributed by atoms with Crippen LogP contribution in [0.2, 0.25) is 0 Å². The lowest BCUT2D eigenvalue weighted by Gasteiger charge is -1.91. The number of fused-ring (bicyclic) bond motifs is 2. The summed E-state index contributed by atoms with van der Waals surface area (Å²) in [5.41, 5.74) is 15.4. The molecule has 2 heterocycles. The van der Waals surface area contributed by atoms with Crippen molar-refractivity contribution in [3.8, 4) is 0 Å². The van der Waals surface area contributed by atoms with Crippen molar-refractivity contribution in [1.29, 1.82) is 0 Å². The normalized spacial score (nSPS) is 11.3. The van der Waals surface area contributed by atoms with Crippen LogP contribution in [0, 0.1) is 0 Å². The largest absolute Gasteiger partial charge is 0.399 e. The molecule has 4 rings (SSSR count). The summed E-state index contributed by atoms with van der Waals surface area (Å²) in [6.07, 6.45) is 0. The topological polar surface area (TPSA) is 126 Å². The molecule has 0 bridgehead atoms. The zero-order chi connectivity index (χ0) is 15.3. The number of carbonyl (C=O) groups is 1. The van der Waals surface area contributed by atoms with E-state index >= 15 is 0 Å². The van der Waals surface area contributed by atoms with Gasteiger partial charge in [-0.15, -0.1) is 0 Å². The quantitative estimate of drug-likeness (QED) is 0.331. The summed E-state index contributed by atoms with van der Waals surface area (Å²) in [4.78, 5) is 27.0. The Morgan fingerprint density at radius 2 is 1.27 bits per heavy atom. The monoisotopic (exact) mass is 292 g/mol. The Morgan fingerprint density at radius 3 is 1.73 bits per heavy atom. The van der Waals surface area contributed by atoms with E-state index in [-0.39, 0.29) is 17.4 Å². The molecule has 0 unspecified atom stereocenters. The number of H-pyrrole nitrogens is 2. The Hall–Kier alpha value is -3.35. The average Bonchev–Trinajstić information content (AvgIpc) is 3.08. The summed E-state index contributed by atoms with van der Waals surface area (Å²) in [7, 11) is 0. The summed E-state index contributed by atoms with van der Waals surface area (Å²) in [6, 6.07) is 10.5. The second kappa shape index (κ2) is 4.32. The number of nitrogens with zero attached hydrogens (tertiary/aromatic N) is 2. The molecule has 0 aliphatic heterocycles. The molecule has 0 amide bonds. The molecule has 7 heteroatoms. The summed E-state index contributed by atoms with van der Waals surface area (Å²) >= 11 is 0. The molecule has 0 atom stereocenters. The maximum absolute atomic E-state index is 12.5. The van der Waals surface area contributed by atoms with Crippen LogP contribution in [0.5, 0.6) is 0 Å². The van der Waals surface area contributed by atoms with Crippen LogP contribution in [0.15, 0.2) is 36.4 Å². The number of hydrogen-bond acceptors (Lipinski definition) is 5. The number of imidazole rings is 2. The van der Waals surface area contributed by atoms with Gasteiger partial charge in [0.25, 0.3) is 5.78 Å². The van der Waals surface area contributed by atoms with E-state index < -0.39 is 0 Å². The van der Waals surface area contributed by atoms with Crippen molar-refractivity contribution in [2.75, 3.05) is 11.5 Å². The van der Waals surface area contributed by atoms with Gasteiger partial charge < -0.3 is 21.4 Å². The highest BCUT2D eigenvalue weighted by molar-refractivity contribution is 6.07. The molecule has 108 valence electrons. The third kappa shape index (κ3) is 1.87.